The van der Waals surface area contributed by atoms with Crippen LogP contribution in [0.5, 0.6) is 0 Å². The van der Waals surface area contributed by atoms with Crippen molar-refractivity contribution in [2.45, 2.75) is 53.4 Å². The van der Waals surface area contributed by atoms with Crippen molar-refractivity contribution in [2.75, 3.05) is 0 Å². The molecule has 0 aromatic rings. The van der Waals surface area contributed by atoms with Crippen molar-refractivity contribution >= 4 is 31.7 Å². The van der Waals surface area contributed by atoms with E-state index in [9.17, 15) is 0 Å². The van der Waals surface area contributed by atoms with Gasteiger partial charge in [0.05, 0.1) is 0 Å². The summed E-state index contributed by atoms with van der Waals surface area (Å²) >= 11 is 1.58. The Kier molecular flexibility index (Phi) is 33.5. The Hall–Kier alpha value is 0.640. The molecular formula is C18H32Cl2SiZr-4. The molecule has 0 fully saturated rings. The summed E-state index contributed by atoms with van der Waals surface area (Å²) in [6.45, 7) is 10.5. The Morgan fingerprint density at radius 3 is 1.68 bits per heavy atom. The molecule has 2 rings (SSSR count). The van der Waals surface area contributed by atoms with E-state index in [4.69, 9.17) is 0 Å². The molecule has 0 radical (unpaired) electrons. The molecule has 0 unspecified atom stereocenters. The van der Waals surface area contributed by atoms with Gasteiger partial charge in [-0.3, -0.25) is 12.2 Å². The average molecular weight is 439 g/mol. The van der Waals surface area contributed by atoms with Crippen molar-refractivity contribution in [3.05, 3.63) is 61.4 Å². The molecule has 0 atom stereocenters. The Morgan fingerprint density at radius 2 is 1.50 bits per heavy atom. The topological polar surface area (TPSA) is 0 Å². The van der Waals surface area contributed by atoms with E-state index in [2.05, 4.69) is 52.0 Å². The first-order valence-electron chi connectivity index (χ1n) is 6.54. The molecule has 0 saturated carbocycles. The van der Waals surface area contributed by atoms with Gasteiger partial charge in [0, 0.05) is 0 Å². The summed E-state index contributed by atoms with van der Waals surface area (Å²) < 4.78 is 0. The molecule has 0 saturated heterocycles. The molecule has 0 aromatic heterocycles. The summed E-state index contributed by atoms with van der Waals surface area (Å²) in [5, 5.41) is 0. The van der Waals surface area contributed by atoms with Gasteiger partial charge in [-0.1, -0.05) is 40.5 Å². The summed E-state index contributed by atoms with van der Waals surface area (Å²) in [7, 11) is 0. The van der Waals surface area contributed by atoms with Crippen molar-refractivity contribution in [3.8, 4) is 0 Å². The van der Waals surface area contributed by atoms with E-state index in [1.54, 1.807) is 23.3 Å². The zero-order valence-electron chi connectivity index (χ0n) is 15.0. The summed E-state index contributed by atoms with van der Waals surface area (Å²) in [4.78, 5) is 0. The first kappa shape index (κ1) is 34.1. The molecule has 0 bridgehead atoms. The van der Waals surface area contributed by atoms with Crippen LogP contribution in [0.3, 0.4) is 0 Å². The van der Waals surface area contributed by atoms with Crippen LogP contribution >= 0.6 is 24.8 Å². The maximum absolute atomic E-state index is 3.33. The van der Waals surface area contributed by atoms with Crippen LogP contribution in [0.15, 0.2) is 34.4 Å². The summed E-state index contributed by atoms with van der Waals surface area (Å²) in [6.07, 6.45) is 15.4. The van der Waals surface area contributed by atoms with Crippen LogP contribution in [0.25, 0.3) is 0 Å². The molecule has 0 spiro atoms. The fraction of sp³-hybridized carbons (Fsp3) is 0.444. The van der Waals surface area contributed by atoms with E-state index in [1.807, 2.05) is 6.88 Å². The van der Waals surface area contributed by atoms with Crippen LogP contribution < -0.4 is 0 Å². The minimum atomic E-state index is 0. The minimum absolute atomic E-state index is 0. The van der Waals surface area contributed by atoms with Gasteiger partial charge in [-0.2, -0.15) is 11.1 Å². The van der Waals surface area contributed by atoms with Gasteiger partial charge in [0.25, 0.3) is 0 Å². The van der Waals surface area contributed by atoms with Gasteiger partial charge in [0.2, 0.25) is 0 Å². The Bertz CT molecular complexity index is 383. The summed E-state index contributed by atoms with van der Waals surface area (Å²) in [5.74, 6) is 0. The van der Waals surface area contributed by atoms with E-state index < -0.39 is 0 Å². The van der Waals surface area contributed by atoms with Crippen molar-refractivity contribution in [2.24, 2.45) is 0 Å². The molecule has 0 heterocycles. The molecular weight excluding hydrogens is 406 g/mol. The Balaban J connectivity index is -0.0000000685. The molecule has 0 aromatic carbocycles. The van der Waals surface area contributed by atoms with Gasteiger partial charge in [-0.15, -0.1) is 37.7 Å². The SMILES string of the molecule is CC1=[C-]CC(C)=C1.CCC1=[C-]CC(CC)=C1.Cl.Cl.[CH3-].[CH3-].[SiH2]=[Zr]. The Labute approximate surface area is 169 Å². The van der Waals surface area contributed by atoms with E-state index in [0.717, 1.165) is 19.3 Å². The number of hydrogen-bond donors (Lipinski definition) is 0. The number of allylic oxidation sites excluding steroid dienone is 8. The van der Waals surface area contributed by atoms with Gasteiger partial charge >= 0.3 is 30.2 Å². The van der Waals surface area contributed by atoms with Gasteiger partial charge in [-0.25, -0.2) is 23.3 Å². The van der Waals surface area contributed by atoms with Crippen LogP contribution in [-0.2, 0) is 23.3 Å². The predicted octanol–water partition coefficient (Wildman–Crippen LogP) is 5.78. The van der Waals surface area contributed by atoms with E-state index in [-0.39, 0.29) is 39.7 Å². The number of hydrogen-bond acceptors (Lipinski definition) is 0. The average Bonchev–Trinajstić information content (AvgIpc) is 3.01. The molecule has 0 nitrogen and oxygen atoms in total. The molecule has 2 aliphatic carbocycles. The van der Waals surface area contributed by atoms with E-state index in [0.29, 0.717) is 0 Å². The van der Waals surface area contributed by atoms with Crippen LogP contribution in [0.1, 0.15) is 53.4 Å². The molecule has 22 heavy (non-hydrogen) atoms. The summed E-state index contributed by atoms with van der Waals surface area (Å²) in [5.41, 5.74) is 5.65. The molecule has 130 valence electrons. The van der Waals surface area contributed by atoms with Crippen molar-refractivity contribution in [3.63, 3.8) is 0 Å². The van der Waals surface area contributed by atoms with Gasteiger partial charge in [0.15, 0.2) is 0 Å². The predicted molar refractivity (Wildman–Crippen MR) is 107 cm³/mol. The molecule has 2 aliphatic rings. The Morgan fingerprint density at radius 1 is 0.955 bits per heavy atom. The molecule has 0 N–H and O–H groups in total. The van der Waals surface area contributed by atoms with Gasteiger partial charge in [0.1, 0.15) is 0 Å². The first-order chi connectivity index (χ1) is 8.65. The molecule has 4 heteroatoms. The molecule has 0 amide bonds. The number of rotatable bonds is 2. The fourth-order valence-electron chi connectivity index (χ4n) is 1.78. The van der Waals surface area contributed by atoms with Crippen LogP contribution in [0.2, 0.25) is 0 Å². The van der Waals surface area contributed by atoms with Gasteiger partial charge in [-0.05, 0) is 0 Å². The van der Waals surface area contributed by atoms with Crippen molar-refractivity contribution in [1.82, 2.24) is 0 Å². The van der Waals surface area contributed by atoms with Crippen LogP contribution in [0, 0.1) is 27.0 Å². The number of halogens is 2. The van der Waals surface area contributed by atoms with Crippen molar-refractivity contribution < 1.29 is 23.3 Å². The van der Waals surface area contributed by atoms with Gasteiger partial charge < -0.3 is 14.9 Å². The summed E-state index contributed by atoms with van der Waals surface area (Å²) in [6, 6.07) is 0. The fourth-order valence-corrected chi connectivity index (χ4v) is 1.78. The van der Waals surface area contributed by atoms with E-state index in [1.165, 1.54) is 28.7 Å². The monoisotopic (exact) mass is 436 g/mol. The zero-order chi connectivity index (χ0) is 14.0. The maximum atomic E-state index is 3.33. The third-order valence-corrected chi connectivity index (χ3v) is 2.86. The van der Waals surface area contributed by atoms with Crippen molar-refractivity contribution in [1.29, 1.82) is 0 Å². The third kappa shape index (κ3) is 15.5. The first-order valence-corrected chi connectivity index (χ1v) is 12.5. The second-order valence-electron chi connectivity index (χ2n) is 4.42. The van der Waals surface area contributed by atoms with E-state index >= 15 is 0 Å². The molecule has 0 aliphatic heterocycles. The van der Waals surface area contributed by atoms with Crippen LogP contribution in [0.4, 0.5) is 0 Å². The second kappa shape index (κ2) is 21.6. The second-order valence-corrected chi connectivity index (χ2v) is 4.42. The third-order valence-electron chi connectivity index (χ3n) is 2.86. The standard InChI is InChI=1S/C9H13.C7H9.2CH3.2ClH.H2Si.Zr/c1-3-8-5-6-9(4-2)7-8;1-6-3-4-7(2)5-6;;;;;;/h7H,3-5H2,1-2H3;5H,3H2,1-2H3;2*1H3;2*1H;1H2;/q4*-1;;;;. The van der Waals surface area contributed by atoms with Crippen LogP contribution in [-0.4, -0.2) is 6.88 Å². The zero-order valence-corrected chi connectivity index (χ0v) is 20.5. The normalized spacial score (nSPS) is 13.4. The quantitative estimate of drug-likeness (QED) is 0.379.